The van der Waals surface area contributed by atoms with Gasteiger partial charge in [-0.25, -0.2) is 9.59 Å². The van der Waals surface area contributed by atoms with E-state index in [-0.39, 0.29) is 12.5 Å². The summed E-state index contributed by atoms with van der Waals surface area (Å²) < 4.78 is 5.25. The van der Waals surface area contributed by atoms with E-state index >= 15 is 0 Å². The van der Waals surface area contributed by atoms with Gasteiger partial charge in [0.2, 0.25) is 0 Å². The first-order valence-corrected chi connectivity index (χ1v) is 8.01. The fraction of sp³-hybridized carbons (Fsp3) is 0.263. The number of alkyl carbamates (subject to hydrolysis) is 1. The number of benzene rings is 2. The second-order valence-corrected chi connectivity index (χ2v) is 6.03. The van der Waals surface area contributed by atoms with Crippen molar-refractivity contribution in [3.8, 4) is 11.1 Å². The minimum absolute atomic E-state index is 0.0893. The molecule has 1 amide bonds. The van der Waals surface area contributed by atoms with Crippen molar-refractivity contribution < 1.29 is 24.5 Å². The first-order chi connectivity index (χ1) is 12.0. The average Bonchev–Trinajstić information content (AvgIpc) is 2.91. The average molecular weight is 341 g/mol. The first kappa shape index (κ1) is 17.0. The summed E-state index contributed by atoms with van der Waals surface area (Å²) in [7, 11) is 0. The molecule has 0 spiro atoms. The number of hydrogen-bond donors (Lipinski definition) is 3. The summed E-state index contributed by atoms with van der Waals surface area (Å²) in [4.78, 5) is 23.0. The Morgan fingerprint density at radius 2 is 1.60 bits per heavy atom. The molecule has 0 bridgehead atoms. The Morgan fingerprint density at radius 3 is 2.08 bits per heavy atom. The van der Waals surface area contributed by atoms with Gasteiger partial charge in [-0.3, -0.25) is 0 Å². The highest BCUT2D eigenvalue weighted by atomic mass is 16.5. The third kappa shape index (κ3) is 3.34. The van der Waals surface area contributed by atoms with Gasteiger partial charge in [-0.2, -0.15) is 0 Å². The number of amides is 1. The molecule has 6 nitrogen and oxygen atoms in total. The molecule has 1 aliphatic rings. The zero-order valence-corrected chi connectivity index (χ0v) is 13.7. The molecule has 2 aromatic rings. The molecular weight excluding hydrogens is 322 g/mol. The molecule has 25 heavy (non-hydrogen) atoms. The predicted molar refractivity (Wildman–Crippen MR) is 91.3 cm³/mol. The number of nitrogens with one attached hydrogen (secondary N) is 1. The van der Waals surface area contributed by atoms with Gasteiger partial charge in [0, 0.05) is 5.92 Å². The number of carbonyl (C=O) groups is 2. The molecule has 0 heterocycles. The zero-order chi connectivity index (χ0) is 18.0. The van der Waals surface area contributed by atoms with Gasteiger partial charge in [-0.05, 0) is 29.2 Å². The largest absolute Gasteiger partial charge is 0.480 e. The zero-order valence-electron chi connectivity index (χ0n) is 13.7. The van der Waals surface area contributed by atoms with Gasteiger partial charge in [-0.15, -0.1) is 0 Å². The number of carboxylic acid groups (broad SMARTS) is 1. The minimum atomic E-state index is -1.41. The van der Waals surface area contributed by atoms with E-state index in [0.29, 0.717) is 0 Å². The van der Waals surface area contributed by atoms with Crippen LogP contribution in [-0.4, -0.2) is 41.0 Å². The van der Waals surface area contributed by atoms with E-state index < -0.39 is 24.2 Å². The quantitative estimate of drug-likeness (QED) is 0.776. The summed E-state index contributed by atoms with van der Waals surface area (Å²) in [6, 6.07) is 14.4. The molecule has 2 atom stereocenters. The van der Waals surface area contributed by atoms with Crippen molar-refractivity contribution in [1.82, 2.24) is 5.32 Å². The summed E-state index contributed by atoms with van der Waals surface area (Å²) in [6.45, 7) is 1.38. The SMILES string of the molecule is C[C@@H](O)[C@@H](NC(=O)OCC1c2ccccc2-c2ccccc21)C(=O)O. The molecule has 1 aliphatic carbocycles. The number of fused-ring (bicyclic) bond motifs is 3. The fourth-order valence-electron chi connectivity index (χ4n) is 3.16. The van der Waals surface area contributed by atoms with E-state index in [1.807, 2.05) is 48.5 Å². The number of ether oxygens (including phenoxy) is 1. The molecule has 0 saturated heterocycles. The monoisotopic (exact) mass is 341 g/mol. The van der Waals surface area contributed by atoms with Crippen LogP contribution in [0.5, 0.6) is 0 Å². The number of aliphatic hydroxyl groups is 1. The van der Waals surface area contributed by atoms with Gasteiger partial charge >= 0.3 is 12.1 Å². The predicted octanol–water partition coefficient (Wildman–Crippen LogP) is 2.36. The molecular formula is C19H19NO5. The summed E-state index contributed by atoms with van der Waals surface area (Å²) >= 11 is 0. The van der Waals surface area contributed by atoms with Crippen LogP contribution in [0.1, 0.15) is 24.0 Å². The third-order valence-electron chi connectivity index (χ3n) is 4.37. The lowest BCUT2D eigenvalue weighted by Gasteiger charge is -2.18. The molecule has 0 saturated carbocycles. The Hall–Kier alpha value is -2.86. The number of aliphatic hydroxyl groups excluding tert-OH is 1. The van der Waals surface area contributed by atoms with Crippen LogP contribution < -0.4 is 5.32 Å². The van der Waals surface area contributed by atoms with E-state index in [4.69, 9.17) is 9.84 Å². The van der Waals surface area contributed by atoms with Crippen LogP contribution in [0.25, 0.3) is 11.1 Å². The van der Waals surface area contributed by atoms with Crippen molar-refractivity contribution in [3.63, 3.8) is 0 Å². The molecule has 6 heteroatoms. The number of hydrogen-bond acceptors (Lipinski definition) is 4. The second-order valence-electron chi connectivity index (χ2n) is 6.03. The summed E-state index contributed by atoms with van der Waals surface area (Å²) in [5.74, 6) is -1.42. The van der Waals surface area contributed by atoms with Crippen LogP contribution in [0.2, 0.25) is 0 Å². The normalized spacial score (nSPS) is 15.0. The first-order valence-electron chi connectivity index (χ1n) is 8.01. The molecule has 3 rings (SSSR count). The molecule has 0 aromatic heterocycles. The molecule has 3 N–H and O–H groups in total. The smallest absolute Gasteiger partial charge is 0.407 e. The summed E-state index contributed by atoms with van der Waals surface area (Å²) in [6.07, 6.45) is -2.09. The molecule has 0 aliphatic heterocycles. The van der Waals surface area contributed by atoms with Crippen molar-refractivity contribution in [3.05, 3.63) is 59.7 Å². The van der Waals surface area contributed by atoms with Gasteiger partial charge in [0.05, 0.1) is 6.10 Å². The van der Waals surface area contributed by atoms with Gasteiger partial charge in [0.1, 0.15) is 6.61 Å². The Bertz CT molecular complexity index is 756. The molecule has 130 valence electrons. The second kappa shape index (κ2) is 6.94. The Morgan fingerprint density at radius 1 is 1.08 bits per heavy atom. The molecule has 0 fully saturated rings. The Labute approximate surface area is 145 Å². The minimum Gasteiger partial charge on any atom is -0.480 e. The Balaban J connectivity index is 1.73. The van der Waals surface area contributed by atoms with E-state index in [0.717, 1.165) is 22.3 Å². The van der Waals surface area contributed by atoms with E-state index in [1.54, 1.807) is 0 Å². The van der Waals surface area contributed by atoms with E-state index in [1.165, 1.54) is 6.92 Å². The number of carbonyl (C=O) groups excluding carboxylic acids is 1. The highest BCUT2D eigenvalue weighted by Crippen LogP contribution is 2.44. The van der Waals surface area contributed by atoms with Crippen molar-refractivity contribution in [2.24, 2.45) is 0 Å². The lowest BCUT2D eigenvalue weighted by atomic mass is 9.98. The van der Waals surface area contributed by atoms with Crippen molar-refractivity contribution in [1.29, 1.82) is 0 Å². The van der Waals surface area contributed by atoms with Crippen LogP contribution in [0, 0.1) is 0 Å². The van der Waals surface area contributed by atoms with E-state index in [9.17, 15) is 14.7 Å². The van der Waals surface area contributed by atoms with Crippen LogP contribution >= 0.6 is 0 Å². The van der Waals surface area contributed by atoms with Gasteiger partial charge in [0.25, 0.3) is 0 Å². The van der Waals surface area contributed by atoms with Gasteiger partial charge in [0.15, 0.2) is 6.04 Å². The lowest BCUT2D eigenvalue weighted by molar-refractivity contribution is -0.142. The number of aliphatic carboxylic acids is 1. The van der Waals surface area contributed by atoms with Crippen molar-refractivity contribution >= 4 is 12.1 Å². The highest BCUT2D eigenvalue weighted by molar-refractivity contribution is 5.81. The molecule has 0 unspecified atom stereocenters. The van der Waals surface area contributed by atoms with E-state index in [2.05, 4.69) is 5.32 Å². The number of rotatable bonds is 5. The van der Waals surface area contributed by atoms with Crippen LogP contribution in [-0.2, 0) is 9.53 Å². The highest BCUT2D eigenvalue weighted by Gasteiger charge is 2.30. The van der Waals surface area contributed by atoms with Gasteiger partial charge < -0.3 is 20.3 Å². The third-order valence-corrected chi connectivity index (χ3v) is 4.37. The maximum absolute atomic E-state index is 11.9. The van der Waals surface area contributed by atoms with Gasteiger partial charge in [-0.1, -0.05) is 48.5 Å². The summed E-state index contributed by atoms with van der Waals surface area (Å²) in [5.41, 5.74) is 4.36. The molecule has 0 radical (unpaired) electrons. The Kier molecular flexibility index (Phi) is 4.72. The maximum Gasteiger partial charge on any atom is 0.407 e. The topological polar surface area (TPSA) is 95.9 Å². The van der Waals surface area contributed by atoms with Crippen LogP contribution in [0.4, 0.5) is 4.79 Å². The lowest BCUT2D eigenvalue weighted by Crippen LogP contribution is -2.48. The summed E-state index contributed by atoms with van der Waals surface area (Å²) in [5, 5.41) is 20.6. The maximum atomic E-state index is 11.9. The molecule has 2 aromatic carbocycles. The fourth-order valence-corrected chi connectivity index (χ4v) is 3.16. The number of carboxylic acids is 1. The standard InChI is InChI=1S/C19H19NO5/c1-11(21)17(18(22)23)20-19(24)25-10-16-14-8-4-2-6-12(14)13-7-3-5-9-15(13)16/h2-9,11,16-17,21H,10H2,1H3,(H,20,24)(H,22,23)/t11-,17-/m1/s1. The van der Waals surface area contributed by atoms with Crippen molar-refractivity contribution in [2.75, 3.05) is 6.61 Å². The van der Waals surface area contributed by atoms with Crippen molar-refractivity contribution in [2.45, 2.75) is 25.0 Å². The van der Waals surface area contributed by atoms with Crippen LogP contribution in [0.15, 0.2) is 48.5 Å². The van der Waals surface area contributed by atoms with Crippen LogP contribution in [0.3, 0.4) is 0 Å².